The normalized spacial score (nSPS) is 53.7. The van der Waals surface area contributed by atoms with Crippen LogP contribution in [0, 0.1) is 34.0 Å². The van der Waals surface area contributed by atoms with Crippen LogP contribution in [0.5, 0.6) is 0 Å². The van der Waals surface area contributed by atoms with E-state index in [1.54, 1.807) is 0 Å². The summed E-state index contributed by atoms with van der Waals surface area (Å²) >= 11 is 0. The fourth-order valence-corrected chi connectivity index (χ4v) is 7.43. The number of hydrogen-bond acceptors (Lipinski definition) is 2. The Labute approximate surface area is 132 Å². The summed E-state index contributed by atoms with van der Waals surface area (Å²) in [5.41, 5.74) is -0.213. The second-order valence-electron chi connectivity index (χ2n) is 9.21. The Hall–Kier alpha value is -0.860. The largest absolute Gasteiger partial charge is 0.481 e. The summed E-state index contributed by atoms with van der Waals surface area (Å²) < 4.78 is 0. The molecule has 4 fully saturated rings. The quantitative estimate of drug-likeness (QED) is 0.795. The first kappa shape index (κ1) is 14.7. The van der Waals surface area contributed by atoms with Crippen molar-refractivity contribution in [1.82, 2.24) is 0 Å². The molecule has 4 saturated carbocycles. The maximum Gasteiger partial charge on any atom is 0.309 e. The van der Waals surface area contributed by atoms with E-state index in [-0.39, 0.29) is 16.7 Å². The van der Waals surface area contributed by atoms with Gasteiger partial charge in [0.25, 0.3) is 0 Å². The molecule has 1 N–H and O–H groups in total. The molecule has 22 heavy (non-hydrogen) atoms. The topological polar surface area (TPSA) is 54.4 Å². The van der Waals surface area contributed by atoms with Crippen molar-refractivity contribution < 1.29 is 14.7 Å². The summed E-state index contributed by atoms with van der Waals surface area (Å²) in [6.07, 6.45) is 9.20. The number of carbonyl (C=O) groups is 2. The number of carboxylic acid groups (broad SMARTS) is 1. The van der Waals surface area contributed by atoms with E-state index >= 15 is 0 Å². The van der Waals surface area contributed by atoms with Gasteiger partial charge in [-0.15, -0.1) is 0 Å². The highest BCUT2D eigenvalue weighted by molar-refractivity contribution is 5.84. The molecule has 2 bridgehead atoms. The van der Waals surface area contributed by atoms with E-state index in [9.17, 15) is 14.7 Å². The number of carbonyl (C=O) groups excluding carboxylic acids is 1. The van der Waals surface area contributed by atoms with Crippen molar-refractivity contribution in [3.8, 4) is 0 Å². The van der Waals surface area contributed by atoms with Crippen molar-refractivity contribution in [1.29, 1.82) is 0 Å². The third-order valence-corrected chi connectivity index (χ3v) is 8.37. The van der Waals surface area contributed by atoms with Gasteiger partial charge >= 0.3 is 5.97 Å². The number of aliphatic carboxylic acids is 1. The molecule has 3 heteroatoms. The van der Waals surface area contributed by atoms with Crippen LogP contribution < -0.4 is 0 Å². The Balaban J connectivity index is 1.75. The van der Waals surface area contributed by atoms with Crippen LogP contribution in [0.1, 0.15) is 71.6 Å². The Morgan fingerprint density at radius 1 is 1.09 bits per heavy atom. The lowest BCUT2D eigenvalue weighted by Gasteiger charge is -2.63. The van der Waals surface area contributed by atoms with Gasteiger partial charge in [-0.1, -0.05) is 13.3 Å². The molecule has 3 nitrogen and oxygen atoms in total. The molecule has 6 atom stereocenters. The molecular weight excluding hydrogens is 276 g/mol. The molecule has 0 aliphatic heterocycles. The third-order valence-electron chi connectivity index (χ3n) is 8.37. The van der Waals surface area contributed by atoms with E-state index in [0.717, 1.165) is 57.8 Å². The first-order chi connectivity index (χ1) is 10.3. The Bertz CT molecular complexity index is 541. The Morgan fingerprint density at radius 3 is 2.59 bits per heavy atom. The highest BCUT2D eigenvalue weighted by atomic mass is 16.4. The van der Waals surface area contributed by atoms with E-state index in [0.29, 0.717) is 17.6 Å². The summed E-state index contributed by atoms with van der Waals surface area (Å²) in [4.78, 5) is 24.3. The minimum absolute atomic E-state index is 0.124. The number of fused-ring (bicyclic) bond motifs is 3. The molecule has 0 aromatic rings. The fraction of sp³-hybridized carbons (Fsp3) is 0.895. The molecule has 0 aromatic heterocycles. The van der Waals surface area contributed by atoms with Crippen LogP contribution in [0.25, 0.3) is 0 Å². The summed E-state index contributed by atoms with van der Waals surface area (Å²) in [5.74, 6) is 1.08. The van der Waals surface area contributed by atoms with Crippen molar-refractivity contribution in [2.45, 2.75) is 71.6 Å². The molecular formula is C19H28O3. The summed E-state index contributed by atoms with van der Waals surface area (Å²) in [6.45, 7) is 4.35. The maximum atomic E-state index is 12.3. The SMILES string of the molecule is C[C@]12CCC[C@](C)(C(=O)O)[C@H]1CC[C@]13CC(=O)[C@@H](CC[C@H]12)C3. The second kappa shape index (κ2) is 4.36. The van der Waals surface area contributed by atoms with Crippen LogP contribution in [-0.2, 0) is 9.59 Å². The smallest absolute Gasteiger partial charge is 0.309 e. The van der Waals surface area contributed by atoms with Gasteiger partial charge in [0.15, 0.2) is 0 Å². The summed E-state index contributed by atoms with van der Waals surface area (Å²) in [6, 6.07) is 0. The van der Waals surface area contributed by atoms with Gasteiger partial charge in [-0.2, -0.15) is 0 Å². The molecule has 4 aliphatic carbocycles. The van der Waals surface area contributed by atoms with Crippen LogP contribution in [0.15, 0.2) is 0 Å². The highest BCUT2D eigenvalue weighted by Crippen LogP contribution is 2.70. The predicted molar refractivity (Wildman–Crippen MR) is 83.3 cm³/mol. The molecule has 122 valence electrons. The van der Waals surface area contributed by atoms with Crippen LogP contribution >= 0.6 is 0 Å². The molecule has 0 radical (unpaired) electrons. The standard InChI is InChI=1S/C19H28O3/c1-17-7-3-8-18(2,16(21)22)14(17)6-9-19-10-12(13(20)11-19)4-5-15(17)19/h12,14-15H,3-11H2,1-2H3,(H,21,22)/t12-,14-,15-,17-,18-,19-/m0/s1. The lowest BCUT2D eigenvalue weighted by atomic mass is 9.41. The lowest BCUT2D eigenvalue weighted by molar-refractivity contribution is -0.181. The number of rotatable bonds is 1. The number of hydrogen-bond donors (Lipinski definition) is 1. The van der Waals surface area contributed by atoms with E-state index in [4.69, 9.17) is 0 Å². The van der Waals surface area contributed by atoms with Gasteiger partial charge in [0, 0.05) is 12.3 Å². The van der Waals surface area contributed by atoms with Crippen molar-refractivity contribution in [2.75, 3.05) is 0 Å². The van der Waals surface area contributed by atoms with Crippen LogP contribution in [-0.4, -0.2) is 16.9 Å². The maximum absolute atomic E-state index is 12.3. The van der Waals surface area contributed by atoms with E-state index in [1.807, 2.05) is 6.92 Å². The van der Waals surface area contributed by atoms with Gasteiger partial charge in [-0.25, -0.2) is 0 Å². The fourth-order valence-electron chi connectivity index (χ4n) is 7.43. The average molecular weight is 304 g/mol. The Morgan fingerprint density at radius 2 is 1.86 bits per heavy atom. The number of ketones is 1. The molecule has 0 aromatic carbocycles. The van der Waals surface area contributed by atoms with E-state index in [1.165, 1.54) is 0 Å². The highest BCUT2D eigenvalue weighted by Gasteiger charge is 2.65. The van der Waals surface area contributed by atoms with Crippen molar-refractivity contribution >= 4 is 11.8 Å². The monoisotopic (exact) mass is 304 g/mol. The minimum atomic E-state index is -0.601. The van der Waals surface area contributed by atoms with Crippen molar-refractivity contribution in [3.05, 3.63) is 0 Å². The van der Waals surface area contributed by atoms with Gasteiger partial charge in [-0.05, 0) is 74.5 Å². The lowest BCUT2D eigenvalue weighted by Crippen LogP contribution is -2.58. The predicted octanol–water partition coefficient (Wildman–Crippen LogP) is 4.05. The van der Waals surface area contributed by atoms with Crippen LogP contribution in [0.3, 0.4) is 0 Å². The van der Waals surface area contributed by atoms with Gasteiger partial charge in [0.2, 0.25) is 0 Å². The molecule has 0 unspecified atom stereocenters. The van der Waals surface area contributed by atoms with Gasteiger partial charge in [0.05, 0.1) is 5.41 Å². The minimum Gasteiger partial charge on any atom is -0.481 e. The van der Waals surface area contributed by atoms with E-state index < -0.39 is 11.4 Å². The van der Waals surface area contributed by atoms with E-state index in [2.05, 4.69) is 6.92 Å². The first-order valence-corrected chi connectivity index (χ1v) is 9.08. The molecule has 0 amide bonds. The number of carboxylic acids is 1. The molecule has 0 heterocycles. The Kier molecular flexibility index (Phi) is 2.92. The van der Waals surface area contributed by atoms with Crippen LogP contribution in [0.2, 0.25) is 0 Å². The van der Waals surface area contributed by atoms with Gasteiger partial charge < -0.3 is 5.11 Å². The van der Waals surface area contributed by atoms with Gasteiger partial charge in [0.1, 0.15) is 5.78 Å². The zero-order chi connectivity index (χ0) is 15.8. The number of Topliss-reactive ketones (excluding diaryl/α,β-unsaturated/α-hetero) is 1. The molecule has 1 spiro atoms. The summed E-state index contributed by atoms with van der Waals surface area (Å²) in [7, 11) is 0. The molecule has 4 rings (SSSR count). The van der Waals surface area contributed by atoms with Crippen molar-refractivity contribution in [2.24, 2.45) is 34.0 Å². The van der Waals surface area contributed by atoms with Crippen molar-refractivity contribution in [3.63, 3.8) is 0 Å². The zero-order valence-electron chi connectivity index (χ0n) is 13.9. The summed E-state index contributed by atoms with van der Waals surface area (Å²) in [5, 5.41) is 9.86. The average Bonchev–Trinajstić information content (AvgIpc) is 2.68. The van der Waals surface area contributed by atoms with Crippen LogP contribution in [0.4, 0.5) is 0 Å². The molecule has 0 saturated heterocycles. The third kappa shape index (κ3) is 1.63. The zero-order valence-corrected chi connectivity index (χ0v) is 13.9. The second-order valence-corrected chi connectivity index (χ2v) is 9.21. The van der Waals surface area contributed by atoms with Gasteiger partial charge in [-0.3, -0.25) is 9.59 Å². The molecule has 4 aliphatic rings. The first-order valence-electron chi connectivity index (χ1n) is 9.08.